The van der Waals surface area contributed by atoms with E-state index in [0.29, 0.717) is 22.0 Å². The zero-order valence-corrected chi connectivity index (χ0v) is 15.8. The van der Waals surface area contributed by atoms with Gasteiger partial charge in [-0.25, -0.2) is 0 Å². The van der Waals surface area contributed by atoms with Crippen LogP contribution in [0.3, 0.4) is 0 Å². The number of carbonyl (C=O) groups is 2. The summed E-state index contributed by atoms with van der Waals surface area (Å²) in [6, 6.07) is 14.1. The van der Waals surface area contributed by atoms with E-state index in [4.69, 9.17) is 16.3 Å². The van der Waals surface area contributed by atoms with Crippen molar-refractivity contribution in [1.29, 1.82) is 0 Å². The number of para-hydroxylation sites is 1. The Kier molecular flexibility index (Phi) is 6.71. The van der Waals surface area contributed by atoms with Crippen molar-refractivity contribution in [3.63, 3.8) is 0 Å². The van der Waals surface area contributed by atoms with Crippen molar-refractivity contribution >= 4 is 29.1 Å². The van der Waals surface area contributed by atoms with E-state index in [2.05, 4.69) is 10.6 Å². The van der Waals surface area contributed by atoms with Gasteiger partial charge >= 0.3 is 0 Å². The standard InChI is InChI=1S/C21H23ClN2O3/c22-18-8-4-5-9-19(18)27-14-20(25)23-17-12-10-15(11-13-17)21(26)24-16-6-2-1-3-7-16/h4-5,8-13,16H,1-3,6-7,14H2,(H,23,25)(H,24,26). The molecule has 0 aliphatic heterocycles. The number of carbonyl (C=O) groups excluding carboxylic acids is 2. The molecule has 0 unspecified atom stereocenters. The van der Waals surface area contributed by atoms with Gasteiger partial charge < -0.3 is 15.4 Å². The van der Waals surface area contributed by atoms with Crippen LogP contribution in [-0.2, 0) is 4.79 Å². The molecular formula is C21H23ClN2O3. The Morgan fingerprint density at radius 3 is 2.41 bits per heavy atom. The number of hydrogen-bond acceptors (Lipinski definition) is 3. The van der Waals surface area contributed by atoms with Crippen molar-refractivity contribution in [2.75, 3.05) is 11.9 Å². The summed E-state index contributed by atoms with van der Waals surface area (Å²) in [5.74, 6) is 0.0974. The fourth-order valence-electron chi connectivity index (χ4n) is 3.12. The van der Waals surface area contributed by atoms with Crippen molar-refractivity contribution in [3.8, 4) is 5.75 Å². The number of anilines is 1. The highest BCUT2D eigenvalue weighted by atomic mass is 35.5. The van der Waals surface area contributed by atoms with Crippen molar-refractivity contribution < 1.29 is 14.3 Å². The predicted octanol–water partition coefficient (Wildman–Crippen LogP) is 4.42. The van der Waals surface area contributed by atoms with Crippen LogP contribution in [0.1, 0.15) is 42.5 Å². The smallest absolute Gasteiger partial charge is 0.262 e. The van der Waals surface area contributed by atoms with Crippen LogP contribution in [0.15, 0.2) is 48.5 Å². The van der Waals surface area contributed by atoms with Crippen LogP contribution in [0.4, 0.5) is 5.69 Å². The first-order chi connectivity index (χ1) is 13.1. The fourth-order valence-corrected chi connectivity index (χ4v) is 3.31. The minimum atomic E-state index is -0.297. The molecular weight excluding hydrogens is 364 g/mol. The summed E-state index contributed by atoms with van der Waals surface area (Å²) in [6.45, 7) is -0.145. The third-order valence-electron chi connectivity index (χ3n) is 4.57. The summed E-state index contributed by atoms with van der Waals surface area (Å²) in [6.07, 6.45) is 5.69. The topological polar surface area (TPSA) is 67.4 Å². The zero-order valence-electron chi connectivity index (χ0n) is 15.0. The molecule has 2 aromatic rings. The summed E-state index contributed by atoms with van der Waals surface area (Å²) in [4.78, 5) is 24.3. The van der Waals surface area contributed by atoms with Gasteiger partial charge in [-0.3, -0.25) is 9.59 Å². The fraction of sp³-hybridized carbons (Fsp3) is 0.333. The number of rotatable bonds is 6. The minimum absolute atomic E-state index is 0.0678. The van der Waals surface area contributed by atoms with E-state index in [1.807, 2.05) is 0 Å². The van der Waals surface area contributed by atoms with Crippen LogP contribution in [0, 0.1) is 0 Å². The van der Waals surface area contributed by atoms with Gasteiger partial charge in [0.2, 0.25) is 0 Å². The normalized spacial score (nSPS) is 14.4. The number of amides is 2. The lowest BCUT2D eigenvalue weighted by molar-refractivity contribution is -0.118. The maximum atomic E-state index is 12.3. The van der Waals surface area contributed by atoms with Gasteiger partial charge in [-0.2, -0.15) is 0 Å². The Morgan fingerprint density at radius 2 is 1.70 bits per heavy atom. The van der Waals surface area contributed by atoms with Gasteiger partial charge in [-0.05, 0) is 49.2 Å². The Labute approximate surface area is 164 Å². The second kappa shape index (κ2) is 9.42. The molecule has 1 saturated carbocycles. The van der Waals surface area contributed by atoms with Crippen LogP contribution in [0.25, 0.3) is 0 Å². The van der Waals surface area contributed by atoms with Gasteiger partial charge in [-0.15, -0.1) is 0 Å². The highest BCUT2D eigenvalue weighted by Gasteiger charge is 2.16. The molecule has 0 heterocycles. The van der Waals surface area contributed by atoms with E-state index in [9.17, 15) is 9.59 Å². The Hall–Kier alpha value is -2.53. The maximum absolute atomic E-state index is 12.3. The number of benzene rings is 2. The molecule has 3 rings (SSSR count). The number of hydrogen-bond donors (Lipinski definition) is 2. The van der Waals surface area contributed by atoms with E-state index >= 15 is 0 Å². The van der Waals surface area contributed by atoms with Gasteiger partial charge in [0, 0.05) is 17.3 Å². The molecule has 27 heavy (non-hydrogen) atoms. The van der Waals surface area contributed by atoms with Crippen LogP contribution in [0.5, 0.6) is 5.75 Å². The molecule has 0 atom stereocenters. The molecule has 0 bridgehead atoms. The lowest BCUT2D eigenvalue weighted by atomic mass is 9.95. The maximum Gasteiger partial charge on any atom is 0.262 e. The van der Waals surface area contributed by atoms with Crippen LogP contribution < -0.4 is 15.4 Å². The molecule has 5 nitrogen and oxygen atoms in total. The molecule has 1 aliphatic rings. The minimum Gasteiger partial charge on any atom is -0.482 e. The SMILES string of the molecule is O=C(COc1ccccc1Cl)Nc1ccc(C(=O)NC2CCCCC2)cc1. The first-order valence-corrected chi connectivity index (χ1v) is 9.58. The molecule has 0 radical (unpaired) electrons. The average Bonchev–Trinajstić information content (AvgIpc) is 2.69. The number of ether oxygens (including phenoxy) is 1. The van der Waals surface area contributed by atoms with Gasteiger partial charge in [0.05, 0.1) is 5.02 Å². The number of halogens is 1. The van der Waals surface area contributed by atoms with Crippen molar-refractivity contribution in [3.05, 3.63) is 59.1 Å². The molecule has 6 heteroatoms. The molecule has 1 aliphatic carbocycles. The number of nitrogens with one attached hydrogen (secondary N) is 2. The quantitative estimate of drug-likeness (QED) is 0.772. The van der Waals surface area contributed by atoms with Gasteiger partial charge in [-0.1, -0.05) is 43.0 Å². The Balaban J connectivity index is 1.48. The largest absolute Gasteiger partial charge is 0.482 e. The van der Waals surface area contributed by atoms with Crippen LogP contribution >= 0.6 is 11.6 Å². The highest BCUT2D eigenvalue weighted by molar-refractivity contribution is 6.32. The molecule has 142 valence electrons. The van der Waals surface area contributed by atoms with Crippen molar-refractivity contribution in [1.82, 2.24) is 5.32 Å². The Morgan fingerprint density at radius 1 is 1.00 bits per heavy atom. The summed E-state index contributed by atoms with van der Waals surface area (Å²) in [7, 11) is 0. The van der Waals surface area contributed by atoms with Gasteiger partial charge in [0.1, 0.15) is 5.75 Å². The monoisotopic (exact) mass is 386 g/mol. The zero-order chi connectivity index (χ0) is 19.1. The summed E-state index contributed by atoms with van der Waals surface area (Å²) < 4.78 is 5.41. The van der Waals surface area contributed by atoms with E-state index in [-0.39, 0.29) is 24.5 Å². The second-order valence-electron chi connectivity index (χ2n) is 6.65. The third kappa shape index (κ3) is 5.73. The lowest BCUT2D eigenvalue weighted by Crippen LogP contribution is -2.36. The molecule has 2 amide bonds. The second-order valence-corrected chi connectivity index (χ2v) is 7.06. The molecule has 0 spiro atoms. The van der Waals surface area contributed by atoms with Crippen molar-refractivity contribution in [2.45, 2.75) is 38.1 Å². The van der Waals surface area contributed by atoms with E-state index in [1.165, 1.54) is 19.3 Å². The Bertz CT molecular complexity index is 786. The van der Waals surface area contributed by atoms with Crippen LogP contribution in [0.2, 0.25) is 5.02 Å². The van der Waals surface area contributed by atoms with Gasteiger partial charge in [0.25, 0.3) is 11.8 Å². The molecule has 1 fully saturated rings. The van der Waals surface area contributed by atoms with Crippen molar-refractivity contribution in [2.24, 2.45) is 0 Å². The summed E-state index contributed by atoms with van der Waals surface area (Å²) in [5, 5.41) is 6.28. The average molecular weight is 387 g/mol. The first-order valence-electron chi connectivity index (χ1n) is 9.20. The van der Waals surface area contributed by atoms with E-state index < -0.39 is 0 Å². The molecule has 0 aromatic heterocycles. The summed E-state index contributed by atoms with van der Waals surface area (Å²) >= 11 is 5.99. The predicted molar refractivity (Wildman–Crippen MR) is 106 cm³/mol. The first kappa shape index (κ1) is 19.2. The molecule has 2 aromatic carbocycles. The third-order valence-corrected chi connectivity index (χ3v) is 4.88. The lowest BCUT2D eigenvalue weighted by Gasteiger charge is -2.22. The van der Waals surface area contributed by atoms with E-state index in [1.54, 1.807) is 48.5 Å². The van der Waals surface area contributed by atoms with Crippen LogP contribution in [-0.4, -0.2) is 24.5 Å². The molecule has 2 N–H and O–H groups in total. The molecule has 0 saturated heterocycles. The summed E-state index contributed by atoms with van der Waals surface area (Å²) in [5.41, 5.74) is 1.20. The van der Waals surface area contributed by atoms with Gasteiger partial charge in [0.15, 0.2) is 6.61 Å². The highest BCUT2D eigenvalue weighted by Crippen LogP contribution is 2.23. The van der Waals surface area contributed by atoms with E-state index in [0.717, 1.165) is 12.8 Å².